The third-order valence-corrected chi connectivity index (χ3v) is 4.91. The third-order valence-electron chi connectivity index (χ3n) is 4.68. The molecule has 1 atom stereocenters. The lowest BCUT2D eigenvalue weighted by molar-refractivity contribution is -0.162. The van der Waals surface area contributed by atoms with Crippen molar-refractivity contribution in [1.29, 1.82) is 0 Å². The minimum Gasteiger partial charge on any atom is -0.465 e. The zero-order valence-electron chi connectivity index (χ0n) is 15.2. The van der Waals surface area contributed by atoms with E-state index in [-0.39, 0.29) is 31.1 Å². The fourth-order valence-electron chi connectivity index (χ4n) is 3.44. The van der Waals surface area contributed by atoms with Crippen molar-refractivity contribution in [2.24, 2.45) is 5.92 Å². The lowest BCUT2D eigenvalue weighted by Gasteiger charge is -2.18. The van der Waals surface area contributed by atoms with Crippen molar-refractivity contribution in [1.82, 2.24) is 9.55 Å². The smallest absolute Gasteiger partial charge is 0.320 e. The molecule has 1 aliphatic heterocycles. The van der Waals surface area contributed by atoms with Gasteiger partial charge >= 0.3 is 11.9 Å². The van der Waals surface area contributed by atoms with Gasteiger partial charge < -0.3 is 9.47 Å². The molecule has 7 nitrogen and oxygen atoms in total. The molecule has 0 bridgehead atoms. The standard InChI is InChI=1S/C19H21ClN2O5/c1-3-26-18(24)14(19(25)27-4-2)9-11-7-8-22-16(11)21-15-10-12(20)5-6-13(15)17(22)23/h5-6,10-11,14H,3-4,7-9H2,1-2H3. The molecule has 27 heavy (non-hydrogen) atoms. The highest BCUT2D eigenvalue weighted by atomic mass is 35.5. The van der Waals surface area contributed by atoms with Crippen LogP contribution >= 0.6 is 11.6 Å². The predicted molar refractivity (Wildman–Crippen MR) is 99.7 cm³/mol. The Hall–Kier alpha value is -2.41. The Morgan fingerprint density at radius 2 is 1.93 bits per heavy atom. The summed E-state index contributed by atoms with van der Waals surface area (Å²) < 4.78 is 11.7. The molecule has 0 saturated carbocycles. The summed E-state index contributed by atoms with van der Waals surface area (Å²) in [6.45, 7) is 4.21. The summed E-state index contributed by atoms with van der Waals surface area (Å²) >= 11 is 6.02. The first-order valence-corrected chi connectivity index (χ1v) is 9.37. The largest absolute Gasteiger partial charge is 0.465 e. The van der Waals surface area contributed by atoms with Crippen LogP contribution in [0.1, 0.15) is 38.4 Å². The van der Waals surface area contributed by atoms with Crippen molar-refractivity contribution in [2.75, 3.05) is 13.2 Å². The second-order valence-corrected chi connectivity index (χ2v) is 6.80. The van der Waals surface area contributed by atoms with E-state index in [4.69, 9.17) is 21.1 Å². The summed E-state index contributed by atoms with van der Waals surface area (Å²) in [6, 6.07) is 4.96. The SMILES string of the molecule is CCOC(=O)C(CC1CCn2c1nc1cc(Cl)ccc1c2=O)C(=O)OCC. The summed E-state index contributed by atoms with van der Waals surface area (Å²) in [5.74, 6) is -1.91. The number of esters is 2. The molecule has 8 heteroatoms. The quantitative estimate of drug-likeness (QED) is 0.554. The summed E-state index contributed by atoms with van der Waals surface area (Å²) in [6.07, 6.45) is 0.803. The first-order chi connectivity index (χ1) is 13.0. The second-order valence-electron chi connectivity index (χ2n) is 6.37. The van der Waals surface area contributed by atoms with E-state index in [1.54, 1.807) is 36.6 Å². The van der Waals surface area contributed by atoms with Gasteiger partial charge in [0.1, 0.15) is 5.82 Å². The van der Waals surface area contributed by atoms with Gasteiger partial charge in [0.25, 0.3) is 5.56 Å². The maximum atomic E-state index is 12.7. The van der Waals surface area contributed by atoms with Gasteiger partial charge in [-0.3, -0.25) is 19.0 Å². The Labute approximate surface area is 161 Å². The number of hydrogen-bond acceptors (Lipinski definition) is 6. The van der Waals surface area contributed by atoms with Gasteiger partial charge in [-0.25, -0.2) is 4.98 Å². The molecule has 0 N–H and O–H groups in total. The van der Waals surface area contributed by atoms with E-state index in [1.807, 2.05) is 0 Å². The molecular formula is C19H21ClN2O5. The number of rotatable bonds is 6. The third kappa shape index (κ3) is 3.83. The van der Waals surface area contributed by atoms with Crippen molar-refractivity contribution in [3.05, 3.63) is 39.4 Å². The van der Waals surface area contributed by atoms with Crippen LogP contribution in [0.25, 0.3) is 10.9 Å². The van der Waals surface area contributed by atoms with Crippen molar-refractivity contribution in [3.8, 4) is 0 Å². The van der Waals surface area contributed by atoms with E-state index in [0.29, 0.717) is 34.7 Å². The van der Waals surface area contributed by atoms with Crippen LogP contribution in [-0.4, -0.2) is 34.7 Å². The predicted octanol–water partition coefficient (Wildman–Crippen LogP) is 2.67. The van der Waals surface area contributed by atoms with Gasteiger partial charge in [-0.2, -0.15) is 0 Å². The molecule has 1 aliphatic rings. The van der Waals surface area contributed by atoms with Crippen LogP contribution in [-0.2, 0) is 25.6 Å². The molecule has 2 heterocycles. The number of fused-ring (bicyclic) bond motifs is 2. The monoisotopic (exact) mass is 392 g/mol. The Morgan fingerprint density at radius 1 is 1.26 bits per heavy atom. The Morgan fingerprint density at radius 3 is 2.56 bits per heavy atom. The van der Waals surface area contributed by atoms with Crippen LogP contribution in [0, 0.1) is 5.92 Å². The number of benzene rings is 1. The van der Waals surface area contributed by atoms with Crippen molar-refractivity contribution >= 4 is 34.4 Å². The first-order valence-electron chi connectivity index (χ1n) is 8.99. The molecule has 0 aliphatic carbocycles. The summed E-state index contributed by atoms with van der Waals surface area (Å²) in [7, 11) is 0. The maximum Gasteiger partial charge on any atom is 0.320 e. The maximum absolute atomic E-state index is 12.7. The Balaban J connectivity index is 1.95. The van der Waals surface area contributed by atoms with Crippen molar-refractivity contribution < 1.29 is 19.1 Å². The van der Waals surface area contributed by atoms with Crippen LogP contribution in [0.15, 0.2) is 23.0 Å². The molecule has 1 unspecified atom stereocenters. The molecule has 1 aromatic heterocycles. The molecule has 0 radical (unpaired) electrons. The van der Waals surface area contributed by atoms with Gasteiger partial charge in [0.15, 0.2) is 5.92 Å². The Kier molecular flexibility index (Phi) is 5.79. The second kappa shape index (κ2) is 8.08. The Bertz CT molecular complexity index is 922. The van der Waals surface area contributed by atoms with Crippen LogP contribution in [0.5, 0.6) is 0 Å². The number of aromatic nitrogens is 2. The topological polar surface area (TPSA) is 87.5 Å². The number of ether oxygens (including phenoxy) is 2. The van der Waals surface area contributed by atoms with E-state index < -0.39 is 17.9 Å². The highest BCUT2D eigenvalue weighted by Gasteiger charge is 2.36. The number of nitrogens with zero attached hydrogens (tertiary/aromatic N) is 2. The van der Waals surface area contributed by atoms with Gasteiger partial charge in [-0.15, -0.1) is 0 Å². The summed E-state index contributed by atoms with van der Waals surface area (Å²) in [4.78, 5) is 41.8. The molecule has 3 rings (SSSR count). The molecule has 144 valence electrons. The minimum absolute atomic E-state index is 0.141. The molecule has 2 aromatic rings. The zero-order chi connectivity index (χ0) is 19.6. The average molecular weight is 393 g/mol. The molecule has 0 amide bonds. The van der Waals surface area contributed by atoms with Crippen LogP contribution in [0.2, 0.25) is 5.02 Å². The van der Waals surface area contributed by atoms with Crippen molar-refractivity contribution in [3.63, 3.8) is 0 Å². The first kappa shape index (κ1) is 19.4. The molecule has 0 saturated heterocycles. The molecule has 1 aromatic carbocycles. The number of carbonyl (C=O) groups is 2. The van der Waals surface area contributed by atoms with Crippen LogP contribution < -0.4 is 5.56 Å². The van der Waals surface area contributed by atoms with Crippen LogP contribution in [0.3, 0.4) is 0 Å². The van der Waals surface area contributed by atoms with E-state index in [2.05, 4.69) is 4.98 Å². The number of halogens is 1. The minimum atomic E-state index is -1.03. The highest BCUT2D eigenvalue weighted by molar-refractivity contribution is 6.31. The van der Waals surface area contributed by atoms with Crippen molar-refractivity contribution in [2.45, 2.75) is 39.2 Å². The van der Waals surface area contributed by atoms with E-state index in [9.17, 15) is 14.4 Å². The lowest BCUT2D eigenvalue weighted by atomic mass is 9.93. The normalized spacial score (nSPS) is 15.8. The van der Waals surface area contributed by atoms with Gasteiger partial charge in [0.2, 0.25) is 0 Å². The van der Waals surface area contributed by atoms with E-state index >= 15 is 0 Å². The van der Waals surface area contributed by atoms with Gasteiger partial charge in [0.05, 0.1) is 24.1 Å². The van der Waals surface area contributed by atoms with Gasteiger partial charge in [0, 0.05) is 17.5 Å². The van der Waals surface area contributed by atoms with Crippen LogP contribution in [0.4, 0.5) is 0 Å². The fourth-order valence-corrected chi connectivity index (χ4v) is 3.60. The highest BCUT2D eigenvalue weighted by Crippen LogP contribution is 2.33. The fraction of sp³-hybridized carbons (Fsp3) is 0.474. The van der Waals surface area contributed by atoms with Gasteiger partial charge in [-0.05, 0) is 44.9 Å². The molecule has 0 fully saturated rings. The van der Waals surface area contributed by atoms with E-state index in [1.165, 1.54) is 0 Å². The zero-order valence-corrected chi connectivity index (χ0v) is 16.0. The summed E-state index contributed by atoms with van der Waals surface area (Å²) in [5.41, 5.74) is 0.368. The number of hydrogen-bond donors (Lipinski definition) is 0. The van der Waals surface area contributed by atoms with Gasteiger partial charge in [-0.1, -0.05) is 11.6 Å². The molecular weight excluding hydrogens is 372 g/mol. The number of carbonyl (C=O) groups excluding carboxylic acids is 2. The molecule has 0 spiro atoms. The average Bonchev–Trinajstić information content (AvgIpc) is 3.02. The summed E-state index contributed by atoms with van der Waals surface area (Å²) in [5, 5.41) is 0.987. The van der Waals surface area contributed by atoms with E-state index in [0.717, 1.165) is 0 Å². The lowest BCUT2D eigenvalue weighted by Crippen LogP contribution is -2.30.